The second kappa shape index (κ2) is 9.78. The third kappa shape index (κ3) is 5.05. The molecule has 0 bridgehead atoms. The number of benzene rings is 1. The van der Waals surface area contributed by atoms with E-state index in [-0.39, 0.29) is 18.4 Å². The number of hydrogen-bond acceptors (Lipinski definition) is 8. The van der Waals surface area contributed by atoms with Crippen molar-refractivity contribution in [3.63, 3.8) is 0 Å². The van der Waals surface area contributed by atoms with Gasteiger partial charge >= 0.3 is 5.97 Å². The summed E-state index contributed by atoms with van der Waals surface area (Å²) in [6.07, 6.45) is 1.48. The highest BCUT2D eigenvalue weighted by Gasteiger charge is 2.37. The van der Waals surface area contributed by atoms with Crippen LogP contribution < -0.4 is 10.1 Å². The third-order valence-corrected chi connectivity index (χ3v) is 5.01. The molecule has 0 aliphatic carbocycles. The number of pyridine rings is 1. The summed E-state index contributed by atoms with van der Waals surface area (Å²) in [4.78, 5) is 30.5. The molecule has 1 aliphatic rings. The normalized spacial score (nSPS) is 15.4. The Labute approximate surface area is 187 Å². The first kappa shape index (κ1) is 23.2. The van der Waals surface area contributed by atoms with Crippen LogP contribution >= 0.6 is 0 Å². The minimum Gasteiger partial charge on any atom is -0.475 e. The van der Waals surface area contributed by atoms with Gasteiger partial charge in [0, 0.05) is 41.8 Å². The molecular formula is C23H28N4O5. The zero-order chi connectivity index (χ0) is 23.4. The van der Waals surface area contributed by atoms with Crippen molar-refractivity contribution in [1.29, 1.82) is 0 Å². The number of carbonyl (C=O) groups excluding carboxylic acids is 1. The summed E-state index contributed by atoms with van der Waals surface area (Å²) in [6, 6.07) is 8.07. The van der Waals surface area contributed by atoms with Gasteiger partial charge in [0.15, 0.2) is 0 Å². The van der Waals surface area contributed by atoms with Gasteiger partial charge in [-0.1, -0.05) is 12.1 Å². The van der Waals surface area contributed by atoms with E-state index in [4.69, 9.17) is 9.47 Å². The lowest BCUT2D eigenvalue weighted by Gasteiger charge is -2.31. The Morgan fingerprint density at radius 3 is 2.72 bits per heavy atom. The number of rotatable bonds is 8. The molecule has 1 aromatic carbocycles. The van der Waals surface area contributed by atoms with Crippen LogP contribution in [0.25, 0.3) is 0 Å². The van der Waals surface area contributed by atoms with E-state index in [2.05, 4.69) is 10.3 Å². The SMILES string of the molecule is CC1=C(C(=O)OCCN(C)C)C(c2cccc([N+](=O)[O-])c2)c2c(ccnc2OC(C)C)N1. The largest absolute Gasteiger partial charge is 0.475 e. The van der Waals surface area contributed by atoms with Gasteiger partial charge in [0.05, 0.1) is 22.5 Å². The van der Waals surface area contributed by atoms with Crippen LogP contribution in [0, 0.1) is 10.1 Å². The molecule has 9 nitrogen and oxygen atoms in total. The van der Waals surface area contributed by atoms with E-state index in [9.17, 15) is 14.9 Å². The van der Waals surface area contributed by atoms with Crippen molar-refractivity contribution in [2.75, 3.05) is 32.6 Å². The van der Waals surface area contributed by atoms with Gasteiger partial charge in [-0.25, -0.2) is 9.78 Å². The quantitative estimate of drug-likeness (QED) is 0.376. The van der Waals surface area contributed by atoms with Gasteiger partial charge in [-0.2, -0.15) is 0 Å². The number of ether oxygens (including phenoxy) is 2. The smallest absolute Gasteiger partial charge is 0.336 e. The maximum absolute atomic E-state index is 13.2. The van der Waals surface area contributed by atoms with E-state index in [0.717, 1.165) is 5.69 Å². The van der Waals surface area contributed by atoms with Crippen molar-refractivity contribution in [1.82, 2.24) is 9.88 Å². The summed E-state index contributed by atoms with van der Waals surface area (Å²) in [7, 11) is 3.79. The average molecular weight is 441 g/mol. The van der Waals surface area contributed by atoms with Crippen molar-refractivity contribution in [2.24, 2.45) is 0 Å². The summed E-state index contributed by atoms with van der Waals surface area (Å²) < 4.78 is 11.5. The molecule has 170 valence electrons. The van der Waals surface area contributed by atoms with E-state index >= 15 is 0 Å². The summed E-state index contributed by atoms with van der Waals surface area (Å²) >= 11 is 0. The van der Waals surface area contributed by atoms with Gasteiger partial charge in [0.2, 0.25) is 5.88 Å². The predicted molar refractivity (Wildman–Crippen MR) is 121 cm³/mol. The molecule has 0 saturated heterocycles. The fourth-order valence-corrected chi connectivity index (χ4v) is 3.61. The number of allylic oxidation sites excluding steroid dienone is 1. The molecule has 0 radical (unpaired) electrons. The van der Waals surface area contributed by atoms with Crippen molar-refractivity contribution in [3.8, 4) is 5.88 Å². The molecule has 3 rings (SSSR count). The predicted octanol–water partition coefficient (Wildman–Crippen LogP) is 3.71. The van der Waals surface area contributed by atoms with Crippen LogP contribution in [0.1, 0.15) is 37.8 Å². The first-order valence-electron chi connectivity index (χ1n) is 10.4. The number of nitro groups is 1. The van der Waals surface area contributed by atoms with Gasteiger partial charge < -0.3 is 19.7 Å². The second-order valence-electron chi connectivity index (χ2n) is 8.13. The molecule has 1 N–H and O–H groups in total. The fourth-order valence-electron chi connectivity index (χ4n) is 3.61. The number of aromatic nitrogens is 1. The Bertz CT molecular complexity index is 1050. The minimum atomic E-state index is -0.638. The Kier molecular flexibility index (Phi) is 7.09. The number of nitrogens with zero attached hydrogens (tertiary/aromatic N) is 3. The number of likely N-dealkylation sites (N-methyl/N-ethyl adjacent to an activating group) is 1. The number of hydrogen-bond donors (Lipinski definition) is 1. The van der Waals surface area contributed by atoms with Crippen molar-refractivity contribution in [3.05, 3.63) is 69.0 Å². The molecule has 0 amide bonds. The molecule has 1 atom stereocenters. The lowest BCUT2D eigenvalue weighted by atomic mass is 9.81. The Hall–Kier alpha value is -3.46. The molecule has 1 aliphatic heterocycles. The first-order valence-corrected chi connectivity index (χ1v) is 10.4. The van der Waals surface area contributed by atoms with Gasteiger partial charge in [0.25, 0.3) is 5.69 Å². The highest BCUT2D eigenvalue weighted by molar-refractivity contribution is 5.95. The van der Waals surface area contributed by atoms with Gasteiger partial charge in [-0.15, -0.1) is 0 Å². The lowest BCUT2D eigenvalue weighted by molar-refractivity contribution is -0.384. The number of nitro benzene ring substituents is 1. The highest BCUT2D eigenvalue weighted by atomic mass is 16.6. The zero-order valence-electron chi connectivity index (χ0n) is 18.9. The maximum Gasteiger partial charge on any atom is 0.336 e. The number of anilines is 1. The third-order valence-electron chi connectivity index (χ3n) is 5.01. The van der Waals surface area contributed by atoms with E-state index in [1.807, 2.05) is 32.8 Å². The fraction of sp³-hybridized carbons (Fsp3) is 0.391. The van der Waals surface area contributed by atoms with Crippen LogP contribution in [0.15, 0.2) is 47.8 Å². The molecule has 0 spiro atoms. The van der Waals surface area contributed by atoms with Gasteiger partial charge in [-0.05, 0) is 46.5 Å². The average Bonchev–Trinajstić information content (AvgIpc) is 2.72. The zero-order valence-corrected chi connectivity index (χ0v) is 18.9. The van der Waals surface area contributed by atoms with Crippen LogP contribution in [0.3, 0.4) is 0 Å². The van der Waals surface area contributed by atoms with Crippen LogP contribution in [0.4, 0.5) is 11.4 Å². The Balaban J connectivity index is 2.15. The van der Waals surface area contributed by atoms with E-state index < -0.39 is 16.8 Å². The number of fused-ring (bicyclic) bond motifs is 1. The lowest BCUT2D eigenvalue weighted by Crippen LogP contribution is -2.27. The molecule has 2 heterocycles. The standard InChI is InChI=1S/C23H28N4O5/c1-14(2)32-22-21-18(9-10-24-22)25-15(3)19(23(28)31-12-11-26(4)5)20(21)16-7-6-8-17(13-16)27(29)30/h6-10,13-14,20,25H,11-12H2,1-5H3. The number of carbonyl (C=O) groups is 1. The molecule has 32 heavy (non-hydrogen) atoms. The molecule has 1 unspecified atom stereocenters. The van der Waals surface area contributed by atoms with Crippen molar-refractivity contribution >= 4 is 17.3 Å². The molecule has 0 fully saturated rings. The first-order chi connectivity index (χ1) is 15.2. The monoisotopic (exact) mass is 440 g/mol. The van der Waals surface area contributed by atoms with E-state index in [0.29, 0.717) is 34.8 Å². The van der Waals surface area contributed by atoms with Gasteiger partial charge in [-0.3, -0.25) is 10.1 Å². The summed E-state index contributed by atoms with van der Waals surface area (Å²) in [5, 5.41) is 14.7. The summed E-state index contributed by atoms with van der Waals surface area (Å²) in [6.45, 7) is 6.36. The van der Waals surface area contributed by atoms with Crippen LogP contribution in [-0.2, 0) is 9.53 Å². The summed E-state index contributed by atoms with van der Waals surface area (Å²) in [5.74, 6) is -0.758. The van der Waals surface area contributed by atoms with E-state index in [1.54, 1.807) is 31.3 Å². The Morgan fingerprint density at radius 1 is 1.31 bits per heavy atom. The van der Waals surface area contributed by atoms with Crippen LogP contribution in [0.5, 0.6) is 5.88 Å². The number of nitrogens with one attached hydrogen (secondary N) is 1. The summed E-state index contributed by atoms with van der Waals surface area (Å²) in [5.41, 5.74) is 2.89. The molecule has 2 aromatic rings. The second-order valence-corrected chi connectivity index (χ2v) is 8.13. The van der Waals surface area contributed by atoms with Gasteiger partial charge in [0.1, 0.15) is 6.61 Å². The molecular weight excluding hydrogens is 412 g/mol. The number of non-ortho nitro benzene ring substituents is 1. The van der Waals surface area contributed by atoms with Crippen molar-refractivity contribution < 1.29 is 19.2 Å². The maximum atomic E-state index is 13.2. The topological polar surface area (TPSA) is 107 Å². The highest BCUT2D eigenvalue weighted by Crippen LogP contribution is 2.46. The minimum absolute atomic E-state index is 0.0595. The van der Waals surface area contributed by atoms with Crippen LogP contribution in [-0.4, -0.2) is 54.1 Å². The molecule has 0 saturated carbocycles. The van der Waals surface area contributed by atoms with Crippen molar-refractivity contribution in [2.45, 2.75) is 32.8 Å². The number of esters is 1. The van der Waals surface area contributed by atoms with Crippen LogP contribution in [0.2, 0.25) is 0 Å². The molecule has 9 heteroatoms. The Morgan fingerprint density at radius 2 is 2.06 bits per heavy atom. The van der Waals surface area contributed by atoms with E-state index in [1.165, 1.54) is 12.1 Å². The molecule has 1 aromatic heterocycles.